The summed E-state index contributed by atoms with van der Waals surface area (Å²) in [5.41, 5.74) is 0. The summed E-state index contributed by atoms with van der Waals surface area (Å²) >= 11 is 9.08. The summed E-state index contributed by atoms with van der Waals surface area (Å²) < 4.78 is 10.1. The van der Waals surface area contributed by atoms with Crippen molar-refractivity contribution in [3.63, 3.8) is 0 Å². The van der Waals surface area contributed by atoms with Crippen molar-refractivity contribution in [3.05, 3.63) is 0 Å². The number of ether oxygens (including phenoxy) is 2. The molecule has 0 saturated heterocycles. The molecule has 1 fully saturated rings. The zero-order chi connectivity index (χ0) is 12.0. The van der Waals surface area contributed by atoms with Gasteiger partial charge in [0, 0.05) is 0 Å². The summed E-state index contributed by atoms with van der Waals surface area (Å²) in [6.45, 7) is 0. The Labute approximate surface area is 104 Å². The van der Waals surface area contributed by atoms with Gasteiger partial charge in [-0.15, -0.1) is 0 Å². The molecular formula is C10H12O4S2. The lowest BCUT2D eigenvalue weighted by atomic mass is 9.91. The van der Waals surface area contributed by atoms with E-state index in [2.05, 4.69) is 24.4 Å². The number of carbonyl (C=O) groups is 2. The monoisotopic (exact) mass is 260 g/mol. The average molecular weight is 260 g/mol. The van der Waals surface area contributed by atoms with Crippen LogP contribution in [0.3, 0.4) is 0 Å². The van der Waals surface area contributed by atoms with E-state index in [1.807, 2.05) is 0 Å². The highest BCUT2D eigenvalue weighted by molar-refractivity contribution is 7.79. The van der Waals surface area contributed by atoms with Crippen LogP contribution in [0.5, 0.6) is 0 Å². The fourth-order valence-electron chi connectivity index (χ4n) is 1.28. The second-order valence-corrected chi connectivity index (χ2v) is 4.04. The average Bonchev–Trinajstić information content (AvgIpc) is 2.22. The Bertz CT molecular complexity index is 273. The summed E-state index contributed by atoms with van der Waals surface area (Å²) in [6, 6.07) is 0. The molecule has 0 aromatic carbocycles. The molecule has 0 amide bonds. The van der Waals surface area contributed by atoms with Gasteiger partial charge in [-0.25, -0.2) is 0 Å². The molecule has 0 aromatic heterocycles. The van der Waals surface area contributed by atoms with Crippen molar-refractivity contribution >= 4 is 47.1 Å². The largest absolute Gasteiger partial charge is 0.458 e. The van der Waals surface area contributed by atoms with E-state index in [1.165, 1.54) is 10.7 Å². The minimum atomic E-state index is -0.379. The zero-order valence-electron chi connectivity index (χ0n) is 8.59. The summed E-state index contributed by atoms with van der Waals surface area (Å²) in [5.74, 6) is -0.758. The second-order valence-electron chi connectivity index (χ2n) is 3.38. The molecule has 4 nitrogen and oxygen atoms in total. The topological polar surface area (TPSA) is 52.6 Å². The van der Waals surface area contributed by atoms with Crippen molar-refractivity contribution in [2.24, 2.45) is 0 Å². The van der Waals surface area contributed by atoms with Crippen LogP contribution in [-0.2, 0) is 19.1 Å². The molecule has 16 heavy (non-hydrogen) atoms. The molecule has 1 rings (SSSR count). The van der Waals surface area contributed by atoms with Gasteiger partial charge in [0.15, 0.2) is 0 Å². The molecule has 1 saturated carbocycles. The van der Waals surface area contributed by atoms with Crippen LogP contribution in [-0.4, -0.2) is 34.9 Å². The van der Waals surface area contributed by atoms with Gasteiger partial charge in [-0.2, -0.15) is 0 Å². The van der Waals surface area contributed by atoms with Crippen LogP contribution in [0.4, 0.5) is 0 Å². The van der Waals surface area contributed by atoms with Crippen LogP contribution in [0.2, 0.25) is 0 Å². The third kappa shape index (κ3) is 3.94. The van der Waals surface area contributed by atoms with Gasteiger partial charge < -0.3 is 9.47 Å². The smallest absolute Gasteiger partial charge is 0.310 e. The van der Waals surface area contributed by atoms with Crippen LogP contribution in [0, 0.1) is 0 Å². The number of hydrogen-bond donors (Lipinski definition) is 0. The van der Waals surface area contributed by atoms with Crippen molar-refractivity contribution in [2.75, 3.05) is 0 Å². The van der Waals surface area contributed by atoms with Gasteiger partial charge in [0.25, 0.3) is 0 Å². The fraction of sp³-hybridized carbons (Fsp3) is 0.600. The van der Waals surface area contributed by atoms with Crippen LogP contribution >= 0.6 is 24.4 Å². The second kappa shape index (κ2) is 6.65. The lowest BCUT2D eigenvalue weighted by Gasteiger charge is -2.34. The maximum Gasteiger partial charge on any atom is 0.310 e. The van der Waals surface area contributed by atoms with Gasteiger partial charge in [-0.05, 0) is 23.6 Å². The molecule has 2 atom stereocenters. The number of esters is 2. The Morgan fingerprint density at radius 3 is 1.62 bits per heavy atom. The van der Waals surface area contributed by atoms with Crippen LogP contribution in [0.1, 0.15) is 25.7 Å². The molecule has 0 N–H and O–H groups in total. The third-order valence-corrected chi connectivity index (χ3v) is 2.55. The minimum Gasteiger partial charge on any atom is -0.458 e. The quantitative estimate of drug-likeness (QED) is 0.531. The Morgan fingerprint density at radius 1 is 1.00 bits per heavy atom. The first kappa shape index (κ1) is 13.2. The van der Waals surface area contributed by atoms with Crippen molar-refractivity contribution < 1.29 is 19.1 Å². The molecule has 2 unspecified atom stereocenters. The first-order valence-electron chi connectivity index (χ1n) is 4.93. The highest BCUT2D eigenvalue weighted by Crippen LogP contribution is 2.27. The van der Waals surface area contributed by atoms with E-state index in [1.54, 1.807) is 0 Å². The van der Waals surface area contributed by atoms with Gasteiger partial charge in [0.05, 0.1) is 12.8 Å². The number of hydrogen-bond acceptors (Lipinski definition) is 6. The molecule has 1 aliphatic carbocycles. The minimum absolute atomic E-state index is 0.104. The zero-order valence-corrected chi connectivity index (χ0v) is 10.2. The van der Waals surface area contributed by atoms with Crippen LogP contribution in [0.15, 0.2) is 0 Å². The molecular weight excluding hydrogens is 248 g/mol. The SMILES string of the molecule is O=C(CC=S)OC1CCC1OC(=O)CC=S. The molecule has 88 valence electrons. The highest BCUT2D eigenvalue weighted by Gasteiger charge is 2.36. The summed E-state index contributed by atoms with van der Waals surface area (Å²) in [6.07, 6.45) is 1.00. The molecule has 0 aromatic rings. The van der Waals surface area contributed by atoms with E-state index in [9.17, 15) is 9.59 Å². The molecule has 1 aliphatic rings. The first-order chi connectivity index (χ1) is 7.67. The standard InChI is InChI=1S/C10H12O4S2/c11-9(3-5-15)13-7-1-2-8(7)14-10(12)4-6-16/h5-8H,1-4H2. The van der Waals surface area contributed by atoms with Crippen molar-refractivity contribution in [1.29, 1.82) is 0 Å². The van der Waals surface area contributed by atoms with E-state index in [0.717, 1.165) is 12.8 Å². The van der Waals surface area contributed by atoms with Crippen molar-refractivity contribution in [1.82, 2.24) is 0 Å². The maximum absolute atomic E-state index is 11.1. The molecule has 0 spiro atoms. The van der Waals surface area contributed by atoms with E-state index in [4.69, 9.17) is 9.47 Å². The van der Waals surface area contributed by atoms with Crippen LogP contribution in [0.25, 0.3) is 0 Å². The van der Waals surface area contributed by atoms with E-state index in [0.29, 0.717) is 0 Å². The molecule has 6 heteroatoms. The van der Waals surface area contributed by atoms with Gasteiger partial charge >= 0.3 is 11.9 Å². The predicted molar refractivity (Wildman–Crippen MR) is 65.5 cm³/mol. The molecule has 0 bridgehead atoms. The number of thiocarbonyl (C=S) groups is 2. The van der Waals surface area contributed by atoms with Gasteiger partial charge in [-0.1, -0.05) is 24.4 Å². The molecule has 0 aliphatic heterocycles. The van der Waals surface area contributed by atoms with Gasteiger partial charge in [0.1, 0.15) is 12.2 Å². The van der Waals surface area contributed by atoms with Gasteiger partial charge in [0.2, 0.25) is 0 Å². The van der Waals surface area contributed by atoms with Crippen molar-refractivity contribution in [3.8, 4) is 0 Å². The maximum atomic E-state index is 11.1. The Kier molecular flexibility index (Phi) is 5.48. The summed E-state index contributed by atoms with van der Waals surface area (Å²) in [7, 11) is 0. The van der Waals surface area contributed by atoms with Crippen LogP contribution < -0.4 is 0 Å². The summed E-state index contributed by atoms with van der Waals surface area (Å²) in [5, 5.41) is 2.63. The first-order valence-corrected chi connectivity index (χ1v) is 5.88. The third-order valence-electron chi connectivity index (χ3n) is 2.22. The Balaban J connectivity index is 2.29. The van der Waals surface area contributed by atoms with Crippen molar-refractivity contribution in [2.45, 2.75) is 37.9 Å². The van der Waals surface area contributed by atoms with E-state index in [-0.39, 0.29) is 37.0 Å². The lowest BCUT2D eigenvalue weighted by molar-refractivity contribution is -0.179. The normalized spacial score (nSPS) is 22.8. The number of carbonyl (C=O) groups excluding carboxylic acids is 2. The van der Waals surface area contributed by atoms with Gasteiger partial charge in [-0.3, -0.25) is 9.59 Å². The molecule has 0 radical (unpaired) electrons. The van der Waals surface area contributed by atoms with E-state index < -0.39 is 0 Å². The van der Waals surface area contributed by atoms with E-state index >= 15 is 0 Å². The fourth-order valence-corrected chi connectivity index (χ4v) is 1.55. The molecule has 0 heterocycles. The number of rotatable bonds is 6. The highest BCUT2D eigenvalue weighted by atomic mass is 32.1. The lowest BCUT2D eigenvalue weighted by Crippen LogP contribution is -2.43. The summed E-state index contributed by atoms with van der Waals surface area (Å²) in [4.78, 5) is 22.2. The Hall–Kier alpha value is -0.880. The Morgan fingerprint density at radius 2 is 1.38 bits per heavy atom. The predicted octanol–water partition coefficient (Wildman–Crippen LogP) is 1.38.